The van der Waals surface area contributed by atoms with Crippen LogP contribution in [0.1, 0.15) is 39.2 Å². The van der Waals surface area contributed by atoms with E-state index in [-0.39, 0.29) is 16.7 Å². The van der Waals surface area contributed by atoms with E-state index in [0.29, 0.717) is 17.5 Å². The molecule has 2 aromatic carbocycles. The van der Waals surface area contributed by atoms with E-state index in [2.05, 4.69) is 29.9 Å². The molecular formula is C25H25N3O3S. The van der Waals surface area contributed by atoms with E-state index < -0.39 is 0 Å². The highest BCUT2D eigenvalue weighted by atomic mass is 32.1. The molecule has 2 aromatic heterocycles. The average Bonchev–Trinajstić information content (AvgIpc) is 3.40. The van der Waals surface area contributed by atoms with Crippen molar-refractivity contribution < 1.29 is 9.34 Å². The normalized spacial score (nSPS) is 21.8. The van der Waals surface area contributed by atoms with Crippen LogP contribution in [0.4, 0.5) is 11.4 Å². The SMILES string of the molecule is CC1CCCC(n2c(-c3cc4ccccc4o3)csc2=Nc2ccccc2[N+](=O)[O-])C1C. The van der Waals surface area contributed by atoms with Gasteiger partial charge in [-0.25, -0.2) is 4.99 Å². The first-order valence-electron chi connectivity index (χ1n) is 11.0. The summed E-state index contributed by atoms with van der Waals surface area (Å²) >= 11 is 1.51. The van der Waals surface area contributed by atoms with Crippen LogP contribution < -0.4 is 4.80 Å². The van der Waals surface area contributed by atoms with Crippen molar-refractivity contribution in [3.63, 3.8) is 0 Å². The Balaban J connectivity index is 1.72. The maximum absolute atomic E-state index is 11.5. The van der Waals surface area contributed by atoms with Gasteiger partial charge in [0.25, 0.3) is 5.69 Å². The minimum absolute atomic E-state index is 0.0165. The number of furan rings is 1. The molecule has 32 heavy (non-hydrogen) atoms. The summed E-state index contributed by atoms with van der Waals surface area (Å²) in [6.45, 7) is 4.61. The van der Waals surface area contributed by atoms with Crippen molar-refractivity contribution in [3.05, 3.63) is 74.9 Å². The molecule has 1 aliphatic carbocycles. The van der Waals surface area contributed by atoms with Crippen LogP contribution in [0.2, 0.25) is 0 Å². The lowest BCUT2D eigenvalue weighted by Crippen LogP contribution is -2.32. The van der Waals surface area contributed by atoms with E-state index in [1.54, 1.807) is 18.2 Å². The number of thiazole rings is 1. The summed E-state index contributed by atoms with van der Waals surface area (Å²) in [5.74, 6) is 1.87. The molecule has 1 fully saturated rings. The minimum atomic E-state index is -0.373. The first-order valence-corrected chi connectivity index (χ1v) is 11.9. The van der Waals surface area contributed by atoms with Gasteiger partial charge in [0.05, 0.1) is 10.6 Å². The maximum Gasteiger partial charge on any atom is 0.294 e. The van der Waals surface area contributed by atoms with Gasteiger partial charge in [-0.05, 0) is 36.5 Å². The molecule has 5 rings (SSSR count). The minimum Gasteiger partial charge on any atom is -0.454 e. The largest absolute Gasteiger partial charge is 0.454 e. The van der Waals surface area contributed by atoms with Crippen LogP contribution >= 0.6 is 11.3 Å². The molecule has 3 unspecified atom stereocenters. The predicted molar refractivity (Wildman–Crippen MR) is 127 cm³/mol. The van der Waals surface area contributed by atoms with E-state index in [1.165, 1.54) is 23.8 Å². The molecule has 0 bridgehead atoms. The van der Waals surface area contributed by atoms with Crippen LogP contribution in [0, 0.1) is 22.0 Å². The van der Waals surface area contributed by atoms with Crippen molar-refractivity contribution in [1.29, 1.82) is 0 Å². The smallest absolute Gasteiger partial charge is 0.294 e. The number of nitro groups is 1. The zero-order valence-corrected chi connectivity index (χ0v) is 18.9. The van der Waals surface area contributed by atoms with Gasteiger partial charge in [-0.1, -0.05) is 57.0 Å². The number of hydrogen-bond donors (Lipinski definition) is 0. The van der Waals surface area contributed by atoms with Gasteiger partial charge in [0, 0.05) is 22.9 Å². The highest BCUT2D eigenvalue weighted by Crippen LogP contribution is 2.40. The Morgan fingerprint density at radius 3 is 2.72 bits per heavy atom. The highest BCUT2D eigenvalue weighted by Gasteiger charge is 2.31. The van der Waals surface area contributed by atoms with E-state index in [4.69, 9.17) is 9.41 Å². The van der Waals surface area contributed by atoms with Gasteiger partial charge in [-0.15, -0.1) is 11.3 Å². The molecule has 0 N–H and O–H groups in total. The van der Waals surface area contributed by atoms with Gasteiger partial charge in [0.1, 0.15) is 11.3 Å². The number of aromatic nitrogens is 1. The third-order valence-corrected chi connectivity index (χ3v) is 7.55. The van der Waals surface area contributed by atoms with Crippen molar-refractivity contribution >= 4 is 33.7 Å². The van der Waals surface area contributed by atoms with Crippen molar-refractivity contribution in [2.24, 2.45) is 16.8 Å². The molecule has 3 atom stereocenters. The fraction of sp³-hybridized carbons (Fsp3) is 0.320. The van der Waals surface area contributed by atoms with Crippen LogP contribution in [0.25, 0.3) is 22.4 Å². The Bertz CT molecular complexity index is 1320. The quantitative estimate of drug-likeness (QED) is 0.247. The molecule has 0 aliphatic heterocycles. The van der Waals surface area contributed by atoms with Crippen molar-refractivity contribution in [2.45, 2.75) is 39.2 Å². The van der Waals surface area contributed by atoms with Gasteiger partial charge in [-0.2, -0.15) is 0 Å². The van der Waals surface area contributed by atoms with E-state index in [1.807, 2.05) is 24.3 Å². The highest BCUT2D eigenvalue weighted by molar-refractivity contribution is 7.07. The second-order valence-corrected chi connectivity index (χ2v) is 9.45. The van der Waals surface area contributed by atoms with E-state index >= 15 is 0 Å². The molecule has 0 amide bonds. The zero-order valence-electron chi connectivity index (χ0n) is 18.1. The molecule has 1 aliphatic rings. The van der Waals surface area contributed by atoms with Gasteiger partial charge in [-0.3, -0.25) is 10.1 Å². The lowest BCUT2D eigenvalue weighted by atomic mass is 9.78. The lowest BCUT2D eigenvalue weighted by molar-refractivity contribution is -0.384. The Morgan fingerprint density at radius 2 is 1.91 bits per heavy atom. The lowest BCUT2D eigenvalue weighted by Gasteiger charge is -2.35. The summed E-state index contributed by atoms with van der Waals surface area (Å²) in [5.41, 5.74) is 2.22. The van der Waals surface area contributed by atoms with E-state index in [0.717, 1.165) is 40.1 Å². The van der Waals surface area contributed by atoms with Crippen molar-refractivity contribution in [3.8, 4) is 11.5 Å². The first-order chi connectivity index (χ1) is 15.5. The number of rotatable bonds is 4. The molecular weight excluding hydrogens is 422 g/mol. The Morgan fingerprint density at radius 1 is 1.12 bits per heavy atom. The zero-order chi connectivity index (χ0) is 22.2. The predicted octanol–water partition coefficient (Wildman–Crippen LogP) is 7.10. The monoisotopic (exact) mass is 447 g/mol. The van der Waals surface area contributed by atoms with Crippen LogP contribution in [0.15, 0.2) is 69.4 Å². The molecule has 164 valence electrons. The molecule has 0 saturated heterocycles. The number of para-hydroxylation sites is 3. The number of nitrogens with zero attached hydrogens (tertiary/aromatic N) is 3. The Labute approximate surface area is 190 Å². The second kappa shape index (κ2) is 8.39. The number of nitro benzene ring substituents is 1. The van der Waals surface area contributed by atoms with Gasteiger partial charge < -0.3 is 8.98 Å². The van der Waals surface area contributed by atoms with Crippen LogP contribution in [-0.2, 0) is 0 Å². The van der Waals surface area contributed by atoms with E-state index in [9.17, 15) is 10.1 Å². The second-order valence-electron chi connectivity index (χ2n) is 8.61. The molecule has 2 heterocycles. The molecule has 6 nitrogen and oxygen atoms in total. The maximum atomic E-state index is 11.5. The van der Waals surface area contributed by atoms with Gasteiger partial charge >= 0.3 is 0 Å². The summed E-state index contributed by atoms with van der Waals surface area (Å²) in [4.78, 5) is 16.7. The van der Waals surface area contributed by atoms with Crippen LogP contribution in [0.3, 0.4) is 0 Å². The number of fused-ring (bicyclic) bond motifs is 1. The van der Waals surface area contributed by atoms with Crippen molar-refractivity contribution in [2.75, 3.05) is 0 Å². The molecule has 1 saturated carbocycles. The number of benzene rings is 2. The molecule has 0 radical (unpaired) electrons. The first kappa shape index (κ1) is 20.7. The van der Waals surface area contributed by atoms with Gasteiger partial charge in [0.15, 0.2) is 10.6 Å². The average molecular weight is 448 g/mol. The molecule has 0 spiro atoms. The molecule has 4 aromatic rings. The van der Waals surface area contributed by atoms with Crippen LogP contribution in [0.5, 0.6) is 0 Å². The third-order valence-electron chi connectivity index (χ3n) is 6.71. The Hall–Kier alpha value is -3.19. The Kier molecular flexibility index (Phi) is 5.43. The third kappa shape index (κ3) is 3.66. The molecule has 7 heteroatoms. The fourth-order valence-corrected chi connectivity index (χ4v) is 5.69. The fourth-order valence-electron chi connectivity index (χ4n) is 4.75. The summed E-state index contributed by atoms with van der Waals surface area (Å²) in [6.07, 6.45) is 3.43. The van der Waals surface area contributed by atoms with Crippen molar-refractivity contribution in [1.82, 2.24) is 4.57 Å². The number of hydrogen-bond acceptors (Lipinski definition) is 5. The summed E-state index contributed by atoms with van der Waals surface area (Å²) in [5, 5.41) is 14.7. The summed E-state index contributed by atoms with van der Waals surface area (Å²) in [7, 11) is 0. The summed E-state index contributed by atoms with van der Waals surface area (Å²) in [6, 6.07) is 17.0. The standard InChI is InChI=1S/C25H25N3O3S/c1-16-8-7-12-20(17(16)2)27-22(24-14-18-9-3-6-13-23(18)31-24)15-32-25(27)26-19-10-4-5-11-21(19)28(29)30/h3-6,9-11,13-17,20H,7-8,12H2,1-2H3. The van der Waals surface area contributed by atoms with Gasteiger partial charge in [0.2, 0.25) is 0 Å². The summed E-state index contributed by atoms with van der Waals surface area (Å²) < 4.78 is 8.47. The van der Waals surface area contributed by atoms with Crippen LogP contribution in [-0.4, -0.2) is 9.49 Å². The topological polar surface area (TPSA) is 73.6 Å².